The Balaban J connectivity index is 2.92. The summed E-state index contributed by atoms with van der Waals surface area (Å²) in [5.41, 5.74) is 6.20. The van der Waals surface area contributed by atoms with Crippen molar-refractivity contribution in [3.63, 3.8) is 0 Å². The summed E-state index contributed by atoms with van der Waals surface area (Å²) in [6.45, 7) is 28.9. The summed E-state index contributed by atoms with van der Waals surface area (Å²) in [6, 6.07) is 8.84. The van der Waals surface area contributed by atoms with E-state index >= 15 is 0 Å². The van der Waals surface area contributed by atoms with Crippen LogP contribution in [0.15, 0.2) is 24.3 Å². The molecule has 2 aromatic carbocycles. The van der Waals surface area contributed by atoms with Gasteiger partial charge in [-0.3, -0.25) is 0 Å². The monoisotopic (exact) mass is 494 g/mol. The van der Waals surface area contributed by atoms with Crippen molar-refractivity contribution in [3.05, 3.63) is 57.6 Å². The van der Waals surface area contributed by atoms with E-state index in [4.69, 9.17) is 0 Å². The van der Waals surface area contributed by atoms with Crippen LogP contribution in [0.1, 0.15) is 154 Å². The minimum atomic E-state index is -0.149. The zero-order valence-electron chi connectivity index (χ0n) is 25.6. The summed E-state index contributed by atoms with van der Waals surface area (Å²) < 4.78 is 0. The van der Waals surface area contributed by atoms with Crippen LogP contribution in [0.4, 0.5) is 0 Å². The maximum atomic E-state index is 11.7. The molecule has 202 valence electrons. The predicted molar refractivity (Wildman–Crippen MR) is 157 cm³/mol. The molecule has 0 aliphatic carbocycles. The summed E-state index contributed by atoms with van der Waals surface area (Å²) in [6.07, 6.45) is 2.96. The van der Waals surface area contributed by atoms with Gasteiger partial charge in [-0.25, -0.2) is 0 Å². The Morgan fingerprint density at radius 2 is 0.972 bits per heavy atom. The topological polar surface area (TPSA) is 40.5 Å². The number of phenols is 2. The summed E-state index contributed by atoms with van der Waals surface area (Å²) in [4.78, 5) is 0. The van der Waals surface area contributed by atoms with Crippen molar-refractivity contribution >= 4 is 0 Å². The van der Waals surface area contributed by atoms with Crippen molar-refractivity contribution in [1.29, 1.82) is 0 Å². The lowest BCUT2D eigenvalue weighted by Gasteiger charge is -2.33. The van der Waals surface area contributed by atoms with Crippen LogP contribution in [-0.2, 0) is 16.2 Å². The molecule has 2 aromatic rings. The molecule has 2 rings (SSSR count). The Labute approximate surface area is 222 Å². The second-order valence-electron chi connectivity index (χ2n) is 13.4. The molecule has 0 amide bonds. The number of phenolic OH excluding ortho intramolecular Hbond substituents is 2. The number of rotatable bonds is 10. The standard InChI is InChI=1S/C34H54O2/c1-14-32(8,9)24-17-26(22(6)21(4)5)30(35)27(18-24)23(7)28-19-25(33(10,11)15-2)20-29(31(28)36)34(12,13)16-3/h17-23,35-36H,14-16H2,1-13H3. The zero-order valence-corrected chi connectivity index (χ0v) is 25.6. The largest absolute Gasteiger partial charge is 0.507 e. The van der Waals surface area contributed by atoms with Gasteiger partial charge < -0.3 is 10.2 Å². The maximum Gasteiger partial charge on any atom is 0.123 e. The summed E-state index contributed by atoms with van der Waals surface area (Å²) in [5, 5.41) is 23.4. The lowest BCUT2D eigenvalue weighted by Crippen LogP contribution is -2.22. The van der Waals surface area contributed by atoms with Crippen molar-refractivity contribution in [2.75, 3.05) is 0 Å². The van der Waals surface area contributed by atoms with E-state index in [1.807, 2.05) is 0 Å². The van der Waals surface area contributed by atoms with E-state index in [1.54, 1.807) is 0 Å². The number of hydrogen-bond donors (Lipinski definition) is 2. The molecule has 0 spiro atoms. The summed E-state index contributed by atoms with van der Waals surface area (Å²) in [5.74, 6) is 1.27. The van der Waals surface area contributed by atoms with E-state index in [1.165, 1.54) is 11.1 Å². The van der Waals surface area contributed by atoms with Gasteiger partial charge in [0.15, 0.2) is 0 Å². The van der Waals surface area contributed by atoms with Gasteiger partial charge in [0.05, 0.1) is 0 Å². The van der Waals surface area contributed by atoms with Gasteiger partial charge in [0, 0.05) is 22.6 Å². The molecule has 2 heteroatoms. The molecule has 0 heterocycles. The van der Waals surface area contributed by atoms with Crippen LogP contribution < -0.4 is 0 Å². The molecular formula is C34H54O2. The molecule has 2 unspecified atom stereocenters. The molecule has 2 atom stereocenters. The molecule has 0 aliphatic rings. The normalized spacial score (nSPS) is 14.8. The lowest BCUT2D eigenvalue weighted by atomic mass is 9.72. The Morgan fingerprint density at radius 1 is 0.583 bits per heavy atom. The van der Waals surface area contributed by atoms with Crippen molar-refractivity contribution in [2.45, 2.75) is 137 Å². The first-order valence-electron chi connectivity index (χ1n) is 14.2. The third-order valence-electron chi connectivity index (χ3n) is 9.68. The van der Waals surface area contributed by atoms with Gasteiger partial charge in [-0.2, -0.15) is 0 Å². The smallest absolute Gasteiger partial charge is 0.123 e. The van der Waals surface area contributed by atoms with Crippen LogP contribution in [0.5, 0.6) is 11.5 Å². The molecule has 2 nitrogen and oxygen atoms in total. The van der Waals surface area contributed by atoms with Gasteiger partial charge >= 0.3 is 0 Å². The highest BCUT2D eigenvalue weighted by atomic mass is 16.3. The highest BCUT2D eigenvalue weighted by molar-refractivity contribution is 5.57. The highest BCUT2D eigenvalue weighted by Crippen LogP contribution is 2.47. The quantitative estimate of drug-likeness (QED) is 0.345. The van der Waals surface area contributed by atoms with Crippen molar-refractivity contribution < 1.29 is 10.2 Å². The van der Waals surface area contributed by atoms with Crippen LogP contribution in [0.3, 0.4) is 0 Å². The van der Waals surface area contributed by atoms with Crippen LogP contribution in [-0.4, -0.2) is 10.2 Å². The predicted octanol–water partition coefficient (Wildman–Crippen LogP) is 10.1. The zero-order chi connectivity index (χ0) is 27.8. The molecule has 0 bridgehead atoms. The fourth-order valence-corrected chi connectivity index (χ4v) is 4.77. The third kappa shape index (κ3) is 5.79. The average molecular weight is 495 g/mol. The molecule has 2 N–H and O–H groups in total. The first-order valence-corrected chi connectivity index (χ1v) is 14.2. The van der Waals surface area contributed by atoms with Gasteiger partial charge in [0.1, 0.15) is 11.5 Å². The van der Waals surface area contributed by atoms with E-state index in [0.29, 0.717) is 17.4 Å². The molecule has 0 aliphatic heterocycles. The van der Waals surface area contributed by atoms with Crippen molar-refractivity contribution in [3.8, 4) is 11.5 Å². The van der Waals surface area contributed by atoms with Gasteiger partial charge in [0.2, 0.25) is 0 Å². The Hall–Kier alpha value is -1.96. The molecule has 0 radical (unpaired) electrons. The second kappa shape index (κ2) is 10.8. The van der Waals surface area contributed by atoms with Crippen LogP contribution in [0.2, 0.25) is 0 Å². The lowest BCUT2D eigenvalue weighted by molar-refractivity contribution is 0.415. The van der Waals surface area contributed by atoms with Gasteiger partial charge in [-0.15, -0.1) is 0 Å². The number of aromatic hydroxyl groups is 2. The highest BCUT2D eigenvalue weighted by Gasteiger charge is 2.32. The van der Waals surface area contributed by atoms with Gasteiger partial charge in [-0.05, 0) is 64.0 Å². The molecule has 0 saturated carbocycles. The fourth-order valence-electron chi connectivity index (χ4n) is 4.77. The Morgan fingerprint density at radius 3 is 1.39 bits per heavy atom. The number of hydrogen-bond acceptors (Lipinski definition) is 2. The molecule has 0 aromatic heterocycles. The minimum absolute atomic E-state index is 0.00290. The molecule has 0 saturated heterocycles. The first-order chi connectivity index (χ1) is 16.4. The van der Waals surface area contributed by atoms with Gasteiger partial charge in [0.25, 0.3) is 0 Å². The SMILES string of the molecule is CCC(C)(C)c1cc(C(C)c2cc(C(C)(C)CC)cc(C(C)(C)CC)c2O)c(O)c(C(C)C(C)C)c1. The van der Waals surface area contributed by atoms with Crippen LogP contribution >= 0.6 is 0 Å². The number of benzene rings is 2. The van der Waals surface area contributed by atoms with E-state index in [9.17, 15) is 10.2 Å². The summed E-state index contributed by atoms with van der Waals surface area (Å²) >= 11 is 0. The summed E-state index contributed by atoms with van der Waals surface area (Å²) in [7, 11) is 0. The molecule has 0 fully saturated rings. The van der Waals surface area contributed by atoms with Gasteiger partial charge in [-0.1, -0.05) is 114 Å². The molecule has 36 heavy (non-hydrogen) atoms. The van der Waals surface area contributed by atoms with Crippen LogP contribution in [0.25, 0.3) is 0 Å². The van der Waals surface area contributed by atoms with Crippen LogP contribution in [0, 0.1) is 5.92 Å². The van der Waals surface area contributed by atoms with E-state index in [-0.39, 0.29) is 28.1 Å². The molecular weight excluding hydrogens is 440 g/mol. The average Bonchev–Trinajstić information content (AvgIpc) is 2.82. The Bertz CT molecular complexity index is 1060. The van der Waals surface area contributed by atoms with Crippen molar-refractivity contribution in [1.82, 2.24) is 0 Å². The first kappa shape index (κ1) is 30.3. The fraction of sp³-hybridized carbons (Fsp3) is 0.647. The van der Waals surface area contributed by atoms with E-state index in [0.717, 1.165) is 41.5 Å². The Kier molecular flexibility index (Phi) is 9.08. The third-order valence-corrected chi connectivity index (χ3v) is 9.68. The maximum absolute atomic E-state index is 11.7. The van der Waals surface area contributed by atoms with Crippen molar-refractivity contribution in [2.24, 2.45) is 5.92 Å². The van der Waals surface area contributed by atoms with E-state index < -0.39 is 0 Å². The second-order valence-corrected chi connectivity index (χ2v) is 13.4. The minimum Gasteiger partial charge on any atom is -0.507 e. The van der Waals surface area contributed by atoms with E-state index in [2.05, 4.69) is 114 Å².